The Kier molecular flexibility index (Phi) is 4.60. The summed E-state index contributed by atoms with van der Waals surface area (Å²) >= 11 is 0. The number of hydrogen-bond acceptors (Lipinski definition) is 5. The van der Waals surface area contributed by atoms with Gasteiger partial charge in [0, 0.05) is 18.1 Å². The number of nitrogens with one attached hydrogen (secondary N) is 1. The molecule has 0 amide bonds. The van der Waals surface area contributed by atoms with Crippen LogP contribution in [0.25, 0.3) is 0 Å². The summed E-state index contributed by atoms with van der Waals surface area (Å²) in [6, 6.07) is 9.20. The van der Waals surface area contributed by atoms with E-state index in [1.54, 1.807) is 0 Å². The molecule has 0 radical (unpaired) electrons. The van der Waals surface area contributed by atoms with Crippen LogP contribution in [0.1, 0.15) is 0 Å². The van der Waals surface area contributed by atoms with E-state index in [4.69, 9.17) is 9.47 Å². The molecular weight excluding hydrogens is 315 g/mol. The van der Waals surface area contributed by atoms with Gasteiger partial charge in [-0.05, 0) is 36.4 Å². The van der Waals surface area contributed by atoms with E-state index in [9.17, 15) is 14.0 Å². The van der Waals surface area contributed by atoms with Crippen LogP contribution in [0.4, 0.5) is 10.1 Å². The fourth-order valence-corrected chi connectivity index (χ4v) is 2.21. The average molecular weight is 330 g/mol. The summed E-state index contributed by atoms with van der Waals surface area (Å²) < 4.78 is 25.1. The fraction of sp³-hybridized carbons (Fsp3) is 0.176. The SMILES string of the molecule is O=C1COC(Nc2ccc(F)cc2)=C1C(=O)OCCn1cccc1. The lowest BCUT2D eigenvalue weighted by Gasteiger charge is -2.09. The molecule has 2 aromatic rings. The highest BCUT2D eigenvalue weighted by Gasteiger charge is 2.32. The van der Waals surface area contributed by atoms with Gasteiger partial charge in [0.05, 0.1) is 6.54 Å². The lowest BCUT2D eigenvalue weighted by atomic mass is 10.2. The van der Waals surface area contributed by atoms with Crippen molar-refractivity contribution in [3.63, 3.8) is 0 Å². The number of anilines is 1. The minimum absolute atomic E-state index is 0.0255. The molecule has 2 heterocycles. The molecule has 0 saturated carbocycles. The minimum Gasteiger partial charge on any atom is -0.470 e. The molecule has 0 aliphatic carbocycles. The molecular formula is C17H15FN2O4. The van der Waals surface area contributed by atoms with Crippen LogP contribution in [0.5, 0.6) is 0 Å². The van der Waals surface area contributed by atoms with Gasteiger partial charge in [-0.1, -0.05) is 0 Å². The summed E-state index contributed by atoms with van der Waals surface area (Å²) in [5.74, 6) is -1.56. The molecule has 6 nitrogen and oxygen atoms in total. The predicted octanol–water partition coefficient (Wildman–Crippen LogP) is 2.09. The number of esters is 1. The zero-order valence-corrected chi connectivity index (χ0v) is 12.7. The number of hydrogen-bond donors (Lipinski definition) is 1. The van der Waals surface area contributed by atoms with Crippen molar-refractivity contribution >= 4 is 17.4 Å². The van der Waals surface area contributed by atoms with Gasteiger partial charge in [-0.15, -0.1) is 0 Å². The number of halogens is 1. The van der Waals surface area contributed by atoms with Gasteiger partial charge in [0.25, 0.3) is 0 Å². The van der Waals surface area contributed by atoms with E-state index in [1.807, 2.05) is 29.1 Å². The van der Waals surface area contributed by atoms with Gasteiger partial charge in [-0.2, -0.15) is 0 Å². The number of aromatic nitrogens is 1. The molecule has 0 spiro atoms. The molecule has 0 unspecified atom stereocenters. The van der Waals surface area contributed by atoms with Crippen LogP contribution in [-0.4, -0.2) is 29.5 Å². The van der Waals surface area contributed by atoms with E-state index in [0.29, 0.717) is 12.2 Å². The maximum atomic E-state index is 12.9. The number of carbonyl (C=O) groups is 2. The highest BCUT2D eigenvalue weighted by molar-refractivity contribution is 6.19. The Morgan fingerprint density at radius 2 is 1.96 bits per heavy atom. The van der Waals surface area contributed by atoms with Gasteiger partial charge in [0.15, 0.2) is 12.2 Å². The van der Waals surface area contributed by atoms with Crippen LogP contribution >= 0.6 is 0 Å². The van der Waals surface area contributed by atoms with Crippen LogP contribution in [0.15, 0.2) is 60.2 Å². The quantitative estimate of drug-likeness (QED) is 0.649. The Morgan fingerprint density at radius 3 is 2.67 bits per heavy atom. The van der Waals surface area contributed by atoms with Gasteiger partial charge in [-0.3, -0.25) is 4.79 Å². The zero-order chi connectivity index (χ0) is 16.9. The summed E-state index contributed by atoms with van der Waals surface area (Å²) in [5, 5.41) is 2.80. The highest BCUT2D eigenvalue weighted by atomic mass is 19.1. The molecule has 0 saturated heterocycles. The first-order valence-corrected chi connectivity index (χ1v) is 7.34. The number of benzene rings is 1. The van der Waals surface area contributed by atoms with Crippen molar-refractivity contribution in [3.8, 4) is 0 Å². The van der Waals surface area contributed by atoms with Gasteiger partial charge in [0.2, 0.25) is 11.7 Å². The molecule has 0 fully saturated rings. The first-order chi connectivity index (χ1) is 11.6. The second-order valence-electron chi connectivity index (χ2n) is 5.10. The number of rotatable bonds is 6. The monoisotopic (exact) mass is 330 g/mol. The maximum Gasteiger partial charge on any atom is 0.347 e. The van der Waals surface area contributed by atoms with Crippen molar-refractivity contribution in [1.82, 2.24) is 4.57 Å². The van der Waals surface area contributed by atoms with Crippen molar-refractivity contribution in [3.05, 3.63) is 66.1 Å². The summed E-state index contributed by atoms with van der Waals surface area (Å²) in [5.41, 5.74) is 0.338. The number of carbonyl (C=O) groups excluding carboxylic acids is 2. The summed E-state index contributed by atoms with van der Waals surface area (Å²) in [6.07, 6.45) is 3.69. The van der Waals surface area contributed by atoms with E-state index in [-0.39, 0.29) is 30.5 Å². The van der Waals surface area contributed by atoms with E-state index in [1.165, 1.54) is 24.3 Å². The second kappa shape index (κ2) is 6.99. The molecule has 0 bridgehead atoms. The van der Waals surface area contributed by atoms with Crippen LogP contribution in [0.3, 0.4) is 0 Å². The van der Waals surface area contributed by atoms with E-state index in [2.05, 4.69) is 5.32 Å². The van der Waals surface area contributed by atoms with E-state index < -0.39 is 11.8 Å². The first-order valence-electron chi connectivity index (χ1n) is 7.34. The maximum absolute atomic E-state index is 12.9. The summed E-state index contributed by atoms with van der Waals surface area (Å²) in [7, 11) is 0. The molecule has 1 aromatic carbocycles. The average Bonchev–Trinajstić information content (AvgIpc) is 3.20. The molecule has 1 aliphatic rings. The molecule has 24 heavy (non-hydrogen) atoms. The molecule has 3 rings (SSSR count). The lowest BCUT2D eigenvalue weighted by Crippen LogP contribution is -2.18. The molecule has 1 aliphatic heterocycles. The number of ketones is 1. The second-order valence-corrected chi connectivity index (χ2v) is 5.10. The topological polar surface area (TPSA) is 69.6 Å². The normalized spacial score (nSPS) is 13.8. The Balaban J connectivity index is 1.66. The standard InChI is InChI=1S/C17H15FN2O4/c18-12-3-5-13(6-4-12)19-16-15(14(21)11-24-16)17(22)23-10-9-20-7-1-2-8-20/h1-8,19H,9-11H2. The minimum atomic E-state index is -0.741. The summed E-state index contributed by atoms with van der Waals surface area (Å²) in [6.45, 7) is 0.390. The van der Waals surface area contributed by atoms with Crippen LogP contribution in [0.2, 0.25) is 0 Å². The molecule has 124 valence electrons. The van der Waals surface area contributed by atoms with Crippen molar-refractivity contribution in [2.75, 3.05) is 18.5 Å². The highest BCUT2D eigenvalue weighted by Crippen LogP contribution is 2.21. The van der Waals surface area contributed by atoms with Gasteiger partial charge >= 0.3 is 5.97 Å². The van der Waals surface area contributed by atoms with Crippen molar-refractivity contribution in [2.45, 2.75) is 6.54 Å². The third kappa shape index (κ3) is 3.62. The first kappa shape index (κ1) is 15.8. The third-order valence-corrected chi connectivity index (χ3v) is 3.41. The lowest BCUT2D eigenvalue weighted by molar-refractivity contribution is -0.140. The van der Waals surface area contributed by atoms with Gasteiger partial charge < -0.3 is 19.4 Å². The molecule has 0 atom stereocenters. The molecule has 7 heteroatoms. The summed E-state index contributed by atoms with van der Waals surface area (Å²) in [4.78, 5) is 24.0. The van der Waals surface area contributed by atoms with Crippen LogP contribution in [0, 0.1) is 5.82 Å². The Hall–Kier alpha value is -3.09. The Labute approximate surface area is 137 Å². The number of nitrogens with zero attached hydrogens (tertiary/aromatic N) is 1. The zero-order valence-electron chi connectivity index (χ0n) is 12.7. The van der Waals surface area contributed by atoms with Crippen LogP contribution < -0.4 is 5.32 Å². The third-order valence-electron chi connectivity index (χ3n) is 3.41. The van der Waals surface area contributed by atoms with Gasteiger partial charge in [0.1, 0.15) is 12.4 Å². The molecule has 1 aromatic heterocycles. The number of ether oxygens (including phenoxy) is 2. The van der Waals surface area contributed by atoms with Gasteiger partial charge in [-0.25, -0.2) is 9.18 Å². The largest absolute Gasteiger partial charge is 0.470 e. The number of Topliss-reactive ketones (excluding diaryl/α,β-unsaturated/α-hetero) is 1. The smallest absolute Gasteiger partial charge is 0.347 e. The van der Waals surface area contributed by atoms with E-state index in [0.717, 1.165) is 0 Å². The van der Waals surface area contributed by atoms with Crippen LogP contribution in [-0.2, 0) is 25.6 Å². The van der Waals surface area contributed by atoms with Crippen molar-refractivity contribution < 1.29 is 23.5 Å². The van der Waals surface area contributed by atoms with Crippen molar-refractivity contribution in [1.29, 1.82) is 0 Å². The predicted molar refractivity (Wildman–Crippen MR) is 83.4 cm³/mol. The van der Waals surface area contributed by atoms with E-state index >= 15 is 0 Å². The van der Waals surface area contributed by atoms with Crippen molar-refractivity contribution in [2.24, 2.45) is 0 Å². The Morgan fingerprint density at radius 1 is 1.25 bits per heavy atom. The Bertz CT molecular complexity index is 766. The molecule has 1 N–H and O–H groups in total. The fourth-order valence-electron chi connectivity index (χ4n) is 2.21.